The molecule has 0 saturated carbocycles. The molecule has 0 aliphatic carbocycles. The van der Waals surface area contributed by atoms with Crippen LogP contribution in [0.5, 0.6) is 0 Å². The van der Waals surface area contributed by atoms with Crippen molar-refractivity contribution in [3.63, 3.8) is 0 Å². The molecule has 122 valence electrons. The summed E-state index contributed by atoms with van der Waals surface area (Å²) in [5, 5.41) is 3.20. The van der Waals surface area contributed by atoms with Gasteiger partial charge in [0.1, 0.15) is 0 Å². The smallest absolute Gasteiger partial charge is 0.0412 e. The third-order valence-corrected chi connectivity index (χ3v) is 4.95. The predicted molar refractivity (Wildman–Crippen MR) is 105 cm³/mol. The third-order valence-electron chi connectivity index (χ3n) is 3.82. The second-order valence-electron chi connectivity index (χ2n) is 5.64. The molecule has 1 rings (SSSR count). The zero-order chi connectivity index (χ0) is 16.2. The fourth-order valence-electron chi connectivity index (χ4n) is 2.44. The Morgan fingerprint density at radius 3 is 2.64 bits per heavy atom. The maximum Gasteiger partial charge on any atom is 0.0412 e. The van der Waals surface area contributed by atoms with Crippen LogP contribution in [-0.2, 0) is 6.42 Å². The van der Waals surface area contributed by atoms with Gasteiger partial charge >= 0.3 is 0 Å². The number of thioether (sulfide) groups is 1. The summed E-state index contributed by atoms with van der Waals surface area (Å²) >= 11 is 2.01. The van der Waals surface area contributed by atoms with Crippen LogP contribution in [0.4, 0.5) is 5.69 Å². The molecule has 0 aliphatic heterocycles. The van der Waals surface area contributed by atoms with Crippen LogP contribution in [-0.4, -0.2) is 11.5 Å². The van der Waals surface area contributed by atoms with Gasteiger partial charge in [0.05, 0.1) is 0 Å². The van der Waals surface area contributed by atoms with Crippen molar-refractivity contribution in [3.05, 3.63) is 48.7 Å². The van der Waals surface area contributed by atoms with E-state index in [1.807, 2.05) is 11.8 Å². The summed E-state index contributed by atoms with van der Waals surface area (Å²) in [6, 6.07) is 6.56. The summed E-state index contributed by atoms with van der Waals surface area (Å²) in [6.45, 7) is 12.4. The Kier molecular flexibility index (Phi) is 9.81. The van der Waals surface area contributed by atoms with E-state index in [4.69, 9.17) is 0 Å². The normalized spacial score (nSPS) is 10.5. The lowest BCUT2D eigenvalue weighted by Gasteiger charge is -2.12. The molecule has 0 amide bonds. The largest absolute Gasteiger partial charge is 0.362 e. The van der Waals surface area contributed by atoms with Gasteiger partial charge in [-0.25, -0.2) is 0 Å². The Hall–Kier alpha value is -1.15. The summed E-state index contributed by atoms with van der Waals surface area (Å²) in [6.07, 6.45) is 9.53. The van der Waals surface area contributed by atoms with Crippen molar-refractivity contribution >= 4 is 23.0 Å². The Labute approximate surface area is 141 Å². The summed E-state index contributed by atoms with van der Waals surface area (Å²) in [4.78, 5) is 0. The molecule has 2 heteroatoms. The first-order valence-corrected chi connectivity index (χ1v) is 9.64. The van der Waals surface area contributed by atoms with Gasteiger partial charge in [0, 0.05) is 11.4 Å². The Bertz CT molecular complexity index is 465. The molecule has 1 aromatic carbocycles. The van der Waals surface area contributed by atoms with Gasteiger partial charge in [0.15, 0.2) is 0 Å². The second kappa shape index (κ2) is 11.4. The molecule has 0 fully saturated rings. The second-order valence-corrected chi connectivity index (χ2v) is 6.75. The van der Waals surface area contributed by atoms with E-state index in [1.165, 1.54) is 54.6 Å². The van der Waals surface area contributed by atoms with Crippen LogP contribution in [0.1, 0.15) is 57.1 Å². The molecule has 1 aromatic rings. The standard InChI is InChI=1S/C20H31NS/c1-5-8-9-10-11-14-22-16-17(4)19-12-13-20(21-7-3)18(6-2)15-19/h7,12-13,15,21H,3-6,8-11,14,16H2,1-2H3. The molecule has 22 heavy (non-hydrogen) atoms. The Morgan fingerprint density at radius 1 is 1.18 bits per heavy atom. The molecule has 0 aromatic heterocycles. The Morgan fingerprint density at radius 2 is 1.95 bits per heavy atom. The van der Waals surface area contributed by atoms with Crippen LogP contribution in [0.3, 0.4) is 0 Å². The number of rotatable bonds is 12. The molecule has 0 bridgehead atoms. The first-order chi connectivity index (χ1) is 10.7. The number of unbranched alkanes of at least 4 members (excludes halogenated alkanes) is 4. The highest BCUT2D eigenvalue weighted by molar-refractivity contribution is 7.99. The maximum atomic E-state index is 4.26. The molecule has 1 N–H and O–H groups in total. The molecule has 0 radical (unpaired) electrons. The van der Waals surface area contributed by atoms with Crippen LogP contribution >= 0.6 is 11.8 Å². The molecule has 0 unspecified atom stereocenters. The minimum Gasteiger partial charge on any atom is -0.362 e. The van der Waals surface area contributed by atoms with Crippen LogP contribution in [0.15, 0.2) is 37.6 Å². The molecular formula is C20H31NS. The first kappa shape index (κ1) is 18.9. The third kappa shape index (κ3) is 6.74. The van der Waals surface area contributed by atoms with Gasteiger partial charge in [0.25, 0.3) is 0 Å². The number of benzene rings is 1. The van der Waals surface area contributed by atoms with Gasteiger partial charge < -0.3 is 5.32 Å². The van der Waals surface area contributed by atoms with Crippen LogP contribution in [0.25, 0.3) is 5.57 Å². The highest BCUT2D eigenvalue weighted by Gasteiger charge is 2.04. The van der Waals surface area contributed by atoms with Crippen molar-refractivity contribution in [2.24, 2.45) is 0 Å². The molecule has 0 saturated heterocycles. The number of nitrogens with one attached hydrogen (secondary N) is 1. The fourth-order valence-corrected chi connectivity index (χ4v) is 3.41. The zero-order valence-corrected chi connectivity index (χ0v) is 15.1. The molecule has 0 spiro atoms. The number of hydrogen-bond acceptors (Lipinski definition) is 2. The average Bonchev–Trinajstić information content (AvgIpc) is 2.54. The summed E-state index contributed by atoms with van der Waals surface area (Å²) in [7, 11) is 0. The lowest BCUT2D eigenvalue weighted by atomic mass is 10.0. The van der Waals surface area contributed by atoms with Crippen molar-refractivity contribution < 1.29 is 0 Å². The highest BCUT2D eigenvalue weighted by Crippen LogP contribution is 2.24. The van der Waals surface area contributed by atoms with Gasteiger partial charge in [-0.2, -0.15) is 11.8 Å². The van der Waals surface area contributed by atoms with Crippen molar-refractivity contribution in [1.29, 1.82) is 0 Å². The van der Waals surface area contributed by atoms with Gasteiger partial charge in [-0.05, 0) is 53.6 Å². The maximum absolute atomic E-state index is 4.26. The summed E-state index contributed by atoms with van der Waals surface area (Å²) in [5.41, 5.74) is 4.98. The number of anilines is 1. The predicted octanol–water partition coefficient (Wildman–Crippen LogP) is 6.52. The molecular weight excluding hydrogens is 286 g/mol. The molecule has 0 heterocycles. The molecule has 0 atom stereocenters. The van der Waals surface area contributed by atoms with Crippen molar-refractivity contribution in [2.45, 2.75) is 52.4 Å². The minimum absolute atomic E-state index is 1.02. The Balaban J connectivity index is 2.40. The number of hydrogen-bond donors (Lipinski definition) is 1. The van der Waals surface area contributed by atoms with E-state index in [0.29, 0.717) is 0 Å². The van der Waals surface area contributed by atoms with Crippen molar-refractivity contribution in [3.8, 4) is 0 Å². The number of aryl methyl sites for hydroxylation is 1. The summed E-state index contributed by atoms with van der Waals surface area (Å²) < 4.78 is 0. The van der Waals surface area contributed by atoms with E-state index in [9.17, 15) is 0 Å². The van der Waals surface area contributed by atoms with Gasteiger partial charge in [-0.15, -0.1) is 0 Å². The van der Waals surface area contributed by atoms with E-state index in [0.717, 1.165) is 17.9 Å². The van der Waals surface area contributed by atoms with E-state index >= 15 is 0 Å². The molecule has 1 nitrogen and oxygen atoms in total. The first-order valence-electron chi connectivity index (χ1n) is 8.49. The van der Waals surface area contributed by atoms with Crippen LogP contribution < -0.4 is 5.32 Å². The van der Waals surface area contributed by atoms with E-state index in [1.54, 1.807) is 6.20 Å². The van der Waals surface area contributed by atoms with E-state index in [2.05, 4.69) is 50.5 Å². The van der Waals surface area contributed by atoms with Gasteiger partial charge in [-0.3, -0.25) is 0 Å². The lowest BCUT2D eigenvalue weighted by molar-refractivity contribution is 0.659. The monoisotopic (exact) mass is 317 g/mol. The molecule has 0 aliphatic rings. The van der Waals surface area contributed by atoms with E-state index < -0.39 is 0 Å². The van der Waals surface area contributed by atoms with E-state index in [-0.39, 0.29) is 0 Å². The van der Waals surface area contributed by atoms with Crippen LogP contribution in [0, 0.1) is 0 Å². The highest BCUT2D eigenvalue weighted by atomic mass is 32.2. The topological polar surface area (TPSA) is 12.0 Å². The minimum atomic E-state index is 1.02. The van der Waals surface area contributed by atoms with Crippen molar-refractivity contribution in [1.82, 2.24) is 0 Å². The fraction of sp³-hybridized carbons (Fsp3) is 0.500. The summed E-state index contributed by atoms with van der Waals surface area (Å²) in [5.74, 6) is 2.28. The van der Waals surface area contributed by atoms with Gasteiger partial charge in [-0.1, -0.05) is 58.8 Å². The zero-order valence-electron chi connectivity index (χ0n) is 14.3. The SMILES string of the molecule is C=CNc1ccc(C(=C)CSCCCCCCC)cc1CC. The van der Waals surface area contributed by atoms with Crippen LogP contribution in [0.2, 0.25) is 0 Å². The average molecular weight is 318 g/mol. The lowest BCUT2D eigenvalue weighted by Crippen LogP contribution is -1.96. The van der Waals surface area contributed by atoms with Crippen molar-refractivity contribution in [2.75, 3.05) is 16.8 Å². The quantitative estimate of drug-likeness (QED) is 0.440. The van der Waals surface area contributed by atoms with Gasteiger partial charge in [0.2, 0.25) is 0 Å².